The molecule has 33 valence electrons. The van der Waals surface area contributed by atoms with Crippen LogP contribution in [-0.2, 0) is 0 Å². The SMILES string of the molecule is [CH]1N=CCCN1. The highest BCUT2D eigenvalue weighted by Gasteiger charge is 1.86. The van der Waals surface area contributed by atoms with Gasteiger partial charge in [0.05, 0.1) is 0 Å². The van der Waals surface area contributed by atoms with Crippen LogP contribution in [0.4, 0.5) is 0 Å². The summed E-state index contributed by atoms with van der Waals surface area (Å²) in [4.78, 5) is 3.82. The zero-order chi connectivity index (χ0) is 4.24. The first kappa shape index (κ1) is 3.81. The van der Waals surface area contributed by atoms with Gasteiger partial charge in [0, 0.05) is 12.8 Å². The third-order valence-electron chi connectivity index (χ3n) is 0.689. The predicted molar refractivity (Wildman–Crippen MR) is 25.4 cm³/mol. The summed E-state index contributed by atoms with van der Waals surface area (Å²) < 4.78 is 0. The normalized spacial score (nSPS) is 21.3. The molecule has 0 aromatic carbocycles. The highest BCUT2D eigenvalue weighted by atomic mass is 15.0. The lowest BCUT2D eigenvalue weighted by atomic mass is 10.4. The summed E-state index contributed by atoms with van der Waals surface area (Å²) in [6.07, 6.45) is 2.97. The van der Waals surface area contributed by atoms with Crippen molar-refractivity contribution in [2.45, 2.75) is 6.42 Å². The van der Waals surface area contributed by atoms with E-state index in [0.717, 1.165) is 13.0 Å². The zero-order valence-electron chi connectivity index (χ0n) is 3.52. The maximum atomic E-state index is 3.82. The fourth-order valence-corrected chi connectivity index (χ4v) is 0.392. The summed E-state index contributed by atoms with van der Waals surface area (Å²) in [5.74, 6) is 0. The summed E-state index contributed by atoms with van der Waals surface area (Å²) in [7, 11) is 0. The molecule has 0 unspecified atom stereocenters. The van der Waals surface area contributed by atoms with E-state index in [9.17, 15) is 0 Å². The Bertz CT molecular complexity index is 50.6. The Morgan fingerprint density at radius 3 is 2.83 bits per heavy atom. The molecule has 1 heterocycles. The number of hydrogen-bond acceptors (Lipinski definition) is 2. The van der Waals surface area contributed by atoms with Crippen LogP contribution in [-0.4, -0.2) is 12.8 Å². The van der Waals surface area contributed by atoms with Gasteiger partial charge in [-0.3, -0.25) is 10.3 Å². The van der Waals surface area contributed by atoms with E-state index in [1.165, 1.54) is 0 Å². The Morgan fingerprint density at radius 1 is 1.67 bits per heavy atom. The molecule has 0 aromatic heterocycles. The molecule has 1 aliphatic heterocycles. The van der Waals surface area contributed by atoms with Crippen LogP contribution in [0.2, 0.25) is 0 Å². The minimum absolute atomic E-state index is 1.05. The van der Waals surface area contributed by atoms with Crippen LogP contribution in [0, 0.1) is 6.67 Å². The lowest BCUT2D eigenvalue weighted by Crippen LogP contribution is -2.14. The van der Waals surface area contributed by atoms with E-state index < -0.39 is 0 Å². The van der Waals surface area contributed by atoms with Crippen molar-refractivity contribution in [3.05, 3.63) is 6.67 Å². The molecule has 0 bridgehead atoms. The van der Waals surface area contributed by atoms with E-state index in [1.807, 2.05) is 6.21 Å². The summed E-state index contributed by atoms with van der Waals surface area (Å²) >= 11 is 0. The molecule has 0 atom stereocenters. The van der Waals surface area contributed by atoms with Gasteiger partial charge >= 0.3 is 0 Å². The first-order valence-corrected chi connectivity index (χ1v) is 2.07. The molecule has 0 fully saturated rings. The molecule has 2 heteroatoms. The molecule has 0 saturated carbocycles. The first-order valence-electron chi connectivity index (χ1n) is 2.07. The Morgan fingerprint density at radius 2 is 2.67 bits per heavy atom. The Kier molecular flexibility index (Phi) is 1.22. The molecule has 0 spiro atoms. The number of nitrogens with one attached hydrogen (secondary N) is 1. The van der Waals surface area contributed by atoms with Gasteiger partial charge in [0.25, 0.3) is 0 Å². The van der Waals surface area contributed by atoms with Crippen LogP contribution >= 0.6 is 0 Å². The molecule has 0 saturated heterocycles. The molecule has 1 N–H and O–H groups in total. The van der Waals surface area contributed by atoms with E-state index in [2.05, 4.69) is 10.3 Å². The van der Waals surface area contributed by atoms with Crippen LogP contribution in [0.25, 0.3) is 0 Å². The zero-order valence-corrected chi connectivity index (χ0v) is 3.52. The van der Waals surface area contributed by atoms with Crippen LogP contribution in [0.1, 0.15) is 6.42 Å². The van der Waals surface area contributed by atoms with Gasteiger partial charge in [-0.15, -0.1) is 0 Å². The third-order valence-corrected chi connectivity index (χ3v) is 0.689. The molecule has 2 nitrogen and oxygen atoms in total. The molecular formula is C4H7N2. The van der Waals surface area contributed by atoms with Gasteiger partial charge < -0.3 is 0 Å². The van der Waals surface area contributed by atoms with E-state index >= 15 is 0 Å². The smallest absolute Gasteiger partial charge is 0.135 e. The highest BCUT2D eigenvalue weighted by molar-refractivity contribution is 5.58. The second kappa shape index (κ2) is 1.92. The minimum atomic E-state index is 1.05. The lowest BCUT2D eigenvalue weighted by molar-refractivity contribution is 0.779. The number of hydrogen-bond donors (Lipinski definition) is 1. The number of nitrogens with zero attached hydrogens (tertiary/aromatic N) is 1. The molecule has 0 aromatic rings. The third kappa shape index (κ3) is 0.792. The second-order valence-electron chi connectivity index (χ2n) is 1.20. The van der Waals surface area contributed by atoms with Crippen molar-refractivity contribution in [3.8, 4) is 0 Å². The van der Waals surface area contributed by atoms with E-state index in [4.69, 9.17) is 0 Å². The summed E-state index contributed by atoms with van der Waals surface area (Å²) in [5, 5.41) is 2.96. The van der Waals surface area contributed by atoms with E-state index in [1.54, 1.807) is 6.67 Å². The van der Waals surface area contributed by atoms with Crippen molar-refractivity contribution in [3.63, 3.8) is 0 Å². The summed E-state index contributed by atoms with van der Waals surface area (Å²) in [5.41, 5.74) is 0. The first-order chi connectivity index (χ1) is 3.00. The molecule has 0 aliphatic carbocycles. The van der Waals surface area contributed by atoms with Crippen LogP contribution in [0.15, 0.2) is 4.99 Å². The van der Waals surface area contributed by atoms with Gasteiger partial charge in [-0.2, -0.15) is 0 Å². The van der Waals surface area contributed by atoms with E-state index in [0.29, 0.717) is 0 Å². The lowest BCUT2D eigenvalue weighted by Gasteiger charge is -1.99. The quantitative estimate of drug-likeness (QED) is 0.443. The number of aliphatic imine (C=N–C) groups is 1. The van der Waals surface area contributed by atoms with Gasteiger partial charge in [0.2, 0.25) is 0 Å². The molecule has 0 amide bonds. The standard InChI is InChI=1S/C4H7N2/c1-2-5-4-6-3-1/h2,4,6H,1,3H2. The highest BCUT2D eigenvalue weighted by Crippen LogP contribution is 1.81. The van der Waals surface area contributed by atoms with Gasteiger partial charge in [-0.25, -0.2) is 0 Å². The fourth-order valence-electron chi connectivity index (χ4n) is 0.392. The van der Waals surface area contributed by atoms with Crippen LogP contribution in [0.5, 0.6) is 0 Å². The minimum Gasteiger partial charge on any atom is -0.292 e. The molecule has 1 rings (SSSR count). The largest absolute Gasteiger partial charge is 0.292 e. The van der Waals surface area contributed by atoms with Gasteiger partial charge in [0.15, 0.2) is 0 Å². The Labute approximate surface area is 37.3 Å². The predicted octanol–water partition coefficient (Wildman–Crippen LogP) is 0.170. The van der Waals surface area contributed by atoms with Crippen molar-refractivity contribution >= 4 is 6.21 Å². The summed E-state index contributed by atoms with van der Waals surface area (Å²) in [6.45, 7) is 2.76. The van der Waals surface area contributed by atoms with Gasteiger partial charge in [-0.1, -0.05) is 0 Å². The van der Waals surface area contributed by atoms with Crippen molar-refractivity contribution in [1.29, 1.82) is 0 Å². The van der Waals surface area contributed by atoms with Crippen molar-refractivity contribution in [1.82, 2.24) is 5.32 Å². The molecule has 1 aliphatic rings. The molecule has 1 radical (unpaired) electrons. The Hall–Kier alpha value is -0.370. The summed E-state index contributed by atoms with van der Waals surface area (Å²) in [6, 6.07) is 0. The van der Waals surface area contributed by atoms with Gasteiger partial charge in [0.1, 0.15) is 6.67 Å². The monoisotopic (exact) mass is 83.1 g/mol. The van der Waals surface area contributed by atoms with Gasteiger partial charge in [-0.05, 0) is 6.42 Å². The van der Waals surface area contributed by atoms with Crippen molar-refractivity contribution in [2.24, 2.45) is 4.99 Å². The van der Waals surface area contributed by atoms with Crippen LogP contribution < -0.4 is 5.32 Å². The maximum Gasteiger partial charge on any atom is 0.135 e. The van der Waals surface area contributed by atoms with Crippen molar-refractivity contribution < 1.29 is 0 Å². The van der Waals surface area contributed by atoms with E-state index in [-0.39, 0.29) is 0 Å². The maximum absolute atomic E-state index is 3.82. The average Bonchev–Trinajstić information content (AvgIpc) is 1.72. The second-order valence-corrected chi connectivity index (χ2v) is 1.20. The fraction of sp³-hybridized carbons (Fsp3) is 0.500. The Balaban J connectivity index is 2.26. The topological polar surface area (TPSA) is 24.4 Å². The van der Waals surface area contributed by atoms with Crippen molar-refractivity contribution in [2.75, 3.05) is 6.54 Å². The number of rotatable bonds is 0. The molecule has 6 heavy (non-hydrogen) atoms. The average molecular weight is 83.1 g/mol. The van der Waals surface area contributed by atoms with Crippen LogP contribution in [0.3, 0.4) is 0 Å². The molecular weight excluding hydrogens is 76.1 g/mol.